The van der Waals surface area contributed by atoms with Crippen LogP contribution in [0.5, 0.6) is 5.75 Å². The van der Waals surface area contributed by atoms with Gasteiger partial charge in [-0.25, -0.2) is 14.5 Å². The van der Waals surface area contributed by atoms with Gasteiger partial charge in [-0.3, -0.25) is 9.32 Å². The third-order valence-corrected chi connectivity index (χ3v) is 8.70. The Labute approximate surface area is 262 Å². The lowest BCUT2D eigenvalue weighted by Crippen LogP contribution is -2.39. The highest BCUT2D eigenvalue weighted by Gasteiger charge is 2.35. The highest BCUT2D eigenvalue weighted by molar-refractivity contribution is 7.52. The highest BCUT2D eigenvalue weighted by Crippen LogP contribution is 2.47. The monoisotopic (exact) mass is 633 g/mol. The van der Waals surface area contributed by atoms with E-state index in [1.165, 1.54) is 0 Å². The van der Waals surface area contributed by atoms with Crippen molar-refractivity contribution in [3.63, 3.8) is 0 Å². The smallest absolute Gasteiger partial charge is 0.459 e. The number of hydrogen-bond acceptors (Lipinski definition) is 9. The van der Waals surface area contributed by atoms with E-state index in [0.29, 0.717) is 29.5 Å². The summed E-state index contributed by atoms with van der Waals surface area (Å²) in [5, 5.41) is 5.32. The molecule has 0 aliphatic heterocycles. The highest BCUT2D eigenvalue weighted by atomic mass is 31.2. The van der Waals surface area contributed by atoms with Crippen LogP contribution in [0.2, 0.25) is 0 Å². The van der Waals surface area contributed by atoms with Crippen LogP contribution < -0.4 is 15.3 Å². The number of rotatable bonds is 12. The van der Waals surface area contributed by atoms with Crippen LogP contribution in [0.15, 0.2) is 66.7 Å². The lowest BCUT2D eigenvalue weighted by atomic mass is 10.1. The molecule has 3 N–H and O–H groups in total. The molecule has 12 heteroatoms. The molecule has 0 radical (unpaired) electrons. The van der Waals surface area contributed by atoms with Gasteiger partial charge >= 0.3 is 13.7 Å². The van der Waals surface area contributed by atoms with Crippen LogP contribution in [0.3, 0.4) is 0 Å². The molecule has 3 aromatic carbocycles. The normalized spacial score (nSPS) is 14.8. The molecule has 11 nitrogen and oxygen atoms in total. The molecule has 5 aromatic rings. The van der Waals surface area contributed by atoms with Crippen LogP contribution >= 0.6 is 7.75 Å². The number of hydrogen-bond donors (Lipinski definition) is 2. The number of nitrogens with one attached hydrogen (secondary N) is 1. The molecule has 0 aliphatic rings. The SMILES string of the molecule is CCOCc1nc2c(N)nc3ccccc3c2n1[C@H](C)COP(=O)(N[C@@H](C)C(=O)OC(C)(C)C)Oc1cccc2ccccc12. The lowest BCUT2D eigenvalue weighted by molar-refractivity contribution is -0.156. The molecule has 0 amide bonds. The third kappa shape index (κ3) is 7.28. The van der Waals surface area contributed by atoms with Crippen molar-refractivity contribution >= 4 is 52.2 Å². The summed E-state index contributed by atoms with van der Waals surface area (Å²) < 4.78 is 40.1. The number of fused-ring (bicyclic) bond motifs is 4. The fourth-order valence-electron chi connectivity index (χ4n) is 5.09. The molecule has 2 aromatic heterocycles. The van der Waals surface area contributed by atoms with Gasteiger partial charge in [0.1, 0.15) is 35.3 Å². The molecule has 1 unspecified atom stereocenters. The van der Waals surface area contributed by atoms with Crippen molar-refractivity contribution in [2.24, 2.45) is 0 Å². The first-order valence-corrected chi connectivity index (χ1v) is 16.5. The number of aromatic nitrogens is 3. The van der Waals surface area contributed by atoms with E-state index in [0.717, 1.165) is 27.2 Å². The fraction of sp³-hybridized carbons (Fsp3) is 0.364. The summed E-state index contributed by atoms with van der Waals surface area (Å²) in [5.41, 5.74) is 7.65. The Morgan fingerprint density at radius 1 is 1.00 bits per heavy atom. The van der Waals surface area contributed by atoms with Crippen LogP contribution in [0, 0.1) is 0 Å². The van der Waals surface area contributed by atoms with Gasteiger partial charge in [0.25, 0.3) is 0 Å². The number of anilines is 1. The van der Waals surface area contributed by atoms with Gasteiger partial charge in [-0.05, 0) is 59.1 Å². The number of nitrogens with two attached hydrogens (primary N) is 1. The van der Waals surface area contributed by atoms with Crippen molar-refractivity contribution in [1.29, 1.82) is 0 Å². The Morgan fingerprint density at radius 3 is 2.42 bits per heavy atom. The van der Waals surface area contributed by atoms with Gasteiger partial charge in [-0.1, -0.05) is 54.6 Å². The summed E-state index contributed by atoms with van der Waals surface area (Å²) in [5.74, 6) is 0.677. The van der Waals surface area contributed by atoms with Crippen LogP contribution in [0.25, 0.3) is 32.7 Å². The summed E-state index contributed by atoms with van der Waals surface area (Å²) >= 11 is 0. The lowest BCUT2D eigenvalue weighted by Gasteiger charge is -2.27. The standard InChI is InChI=1S/C33H40N5O6P/c1-7-41-20-28-36-29-30(25-16-10-11-17-26(25)35-31(29)34)38(28)21(2)19-42-45(40,37-22(3)32(39)43-33(4,5)6)44-27-18-12-14-23-13-8-9-15-24(23)27/h8-18,21-22H,7,19-20H2,1-6H3,(H2,34,35)(H,37,40)/t21-,22+,45?/m1/s1. The minimum absolute atomic E-state index is 0.0722. The summed E-state index contributed by atoms with van der Waals surface area (Å²) in [6.07, 6.45) is 0. The molecule has 0 aliphatic carbocycles. The summed E-state index contributed by atoms with van der Waals surface area (Å²) in [7, 11) is -4.18. The van der Waals surface area contributed by atoms with E-state index in [1.807, 2.05) is 79.1 Å². The number of carbonyl (C=O) groups excluding carboxylic acids is 1. The van der Waals surface area contributed by atoms with Gasteiger partial charge in [-0.15, -0.1) is 0 Å². The molecule has 3 atom stereocenters. The third-order valence-electron chi connectivity index (χ3n) is 7.07. The van der Waals surface area contributed by atoms with Gasteiger partial charge in [0.15, 0.2) is 5.82 Å². The molecule has 0 fully saturated rings. The zero-order chi connectivity index (χ0) is 32.4. The summed E-state index contributed by atoms with van der Waals surface area (Å²) in [4.78, 5) is 22.2. The van der Waals surface area contributed by atoms with Crippen molar-refractivity contribution in [2.45, 2.75) is 65.8 Å². The number of ether oxygens (including phenoxy) is 2. The van der Waals surface area contributed by atoms with Crippen LogP contribution in [-0.4, -0.2) is 45.4 Å². The number of nitrogen functional groups attached to an aromatic ring is 1. The molecule has 238 valence electrons. The Kier molecular flexibility index (Phi) is 9.46. The first-order chi connectivity index (χ1) is 21.4. The van der Waals surface area contributed by atoms with Crippen molar-refractivity contribution in [2.75, 3.05) is 18.9 Å². The number of para-hydroxylation sites is 1. The molecule has 5 rings (SSSR count). The summed E-state index contributed by atoms with van der Waals surface area (Å²) in [6.45, 7) is 11.3. The maximum Gasteiger partial charge on any atom is 0.459 e. The summed E-state index contributed by atoms with van der Waals surface area (Å²) in [6, 6.07) is 19.3. The Balaban J connectivity index is 1.51. The van der Waals surface area contributed by atoms with Crippen molar-refractivity contribution < 1.29 is 27.9 Å². The van der Waals surface area contributed by atoms with Crippen LogP contribution in [0.1, 0.15) is 53.4 Å². The van der Waals surface area contributed by atoms with Crippen LogP contribution in [-0.2, 0) is 30.0 Å². The largest absolute Gasteiger partial charge is 0.459 e. The van der Waals surface area contributed by atoms with Gasteiger partial charge in [-0.2, -0.15) is 5.09 Å². The van der Waals surface area contributed by atoms with Crippen molar-refractivity contribution in [3.8, 4) is 5.75 Å². The van der Waals surface area contributed by atoms with E-state index in [9.17, 15) is 9.36 Å². The Bertz CT molecular complexity index is 1880. The first kappa shape index (κ1) is 32.4. The van der Waals surface area contributed by atoms with E-state index in [4.69, 9.17) is 29.2 Å². The van der Waals surface area contributed by atoms with E-state index in [1.54, 1.807) is 33.8 Å². The molecular formula is C33H40N5O6P. The van der Waals surface area contributed by atoms with Crippen LogP contribution in [0.4, 0.5) is 5.82 Å². The minimum atomic E-state index is -4.18. The number of imidazole rings is 1. The van der Waals surface area contributed by atoms with Gasteiger partial charge in [0, 0.05) is 17.4 Å². The number of carbonyl (C=O) groups is 1. The average Bonchev–Trinajstić information content (AvgIpc) is 3.39. The van der Waals surface area contributed by atoms with E-state index in [-0.39, 0.29) is 13.2 Å². The maximum absolute atomic E-state index is 14.5. The molecule has 0 saturated heterocycles. The number of esters is 1. The molecule has 45 heavy (non-hydrogen) atoms. The maximum atomic E-state index is 14.5. The topological polar surface area (TPSA) is 140 Å². The Hall–Kier alpha value is -4.02. The molecule has 0 saturated carbocycles. The fourth-order valence-corrected chi connectivity index (χ4v) is 6.68. The Morgan fingerprint density at radius 2 is 1.69 bits per heavy atom. The molecular weight excluding hydrogens is 593 g/mol. The molecule has 0 spiro atoms. The second-order valence-corrected chi connectivity index (χ2v) is 13.5. The molecule has 2 heterocycles. The van der Waals surface area contributed by atoms with Gasteiger partial charge < -0.3 is 24.3 Å². The number of nitrogens with zero attached hydrogens (tertiary/aromatic N) is 3. The number of pyridine rings is 1. The van der Waals surface area contributed by atoms with Crippen molar-refractivity contribution in [3.05, 3.63) is 72.6 Å². The molecule has 0 bridgehead atoms. The van der Waals surface area contributed by atoms with E-state index in [2.05, 4.69) is 10.1 Å². The number of benzene rings is 3. The second-order valence-electron chi connectivity index (χ2n) is 11.8. The predicted molar refractivity (Wildman–Crippen MR) is 176 cm³/mol. The zero-order valence-corrected chi connectivity index (χ0v) is 27.3. The predicted octanol–water partition coefficient (Wildman–Crippen LogP) is 6.94. The van der Waals surface area contributed by atoms with Gasteiger partial charge in [0.2, 0.25) is 0 Å². The zero-order valence-electron chi connectivity index (χ0n) is 26.4. The van der Waals surface area contributed by atoms with E-state index >= 15 is 0 Å². The second kappa shape index (κ2) is 13.1. The quantitative estimate of drug-likeness (QED) is 0.110. The first-order valence-electron chi connectivity index (χ1n) is 14.9. The van der Waals surface area contributed by atoms with E-state index < -0.39 is 31.4 Å². The van der Waals surface area contributed by atoms with Crippen molar-refractivity contribution in [1.82, 2.24) is 19.6 Å². The minimum Gasteiger partial charge on any atom is -0.459 e. The van der Waals surface area contributed by atoms with Gasteiger partial charge in [0.05, 0.1) is 23.7 Å². The average molecular weight is 634 g/mol.